The summed E-state index contributed by atoms with van der Waals surface area (Å²) in [6, 6.07) is 11.6. The standard InChI is InChI=1S/C26H33N5O3/c1-6-31-25(20-12-11-19(33-5)14-17(20)3)28-18(4)24(26(31)32)29-21-15-30(16-22(21)34-7-2)23-10-8-9-13-27-23/h8-14,21-22,29H,6-7,15-16H2,1-5H3/t21?,22-/m0/s1. The minimum Gasteiger partial charge on any atom is -0.497 e. The quantitative estimate of drug-likeness (QED) is 0.546. The van der Waals surface area contributed by atoms with Gasteiger partial charge in [-0.3, -0.25) is 9.36 Å². The van der Waals surface area contributed by atoms with E-state index in [9.17, 15) is 4.79 Å². The van der Waals surface area contributed by atoms with E-state index >= 15 is 0 Å². The van der Waals surface area contributed by atoms with E-state index in [1.807, 2.05) is 64.1 Å². The highest BCUT2D eigenvalue weighted by Gasteiger charge is 2.35. The van der Waals surface area contributed by atoms with Crippen molar-refractivity contribution in [1.82, 2.24) is 14.5 Å². The highest BCUT2D eigenvalue weighted by Crippen LogP contribution is 2.27. The van der Waals surface area contributed by atoms with Crippen molar-refractivity contribution in [1.29, 1.82) is 0 Å². The lowest BCUT2D eigenvalue weighted by Crippen LogP contribution is -2.38. The summed E-state index contributed by atoms with van der Waals surface area (Å²) in [5.41, 5.74) is 3.04. The first-order valence-corrected chi connectivity index (χ1v) is 11.8. The largest absolute Gasteiger partial charge is 0.497 e. The Bertz CT molecular complexity index is 1200. The molecule has 1 aromatic carbocycles. The van der Waals surface area contributed by atoms with E-state index in [2.05, 4.69) is 15.2 Å². The molecule has 1 aliphatic heterocycles. The number of hydrogen-bond acceptors (Lipinski definition) is 7. The van der Waals surface area contributed by atoms with Crippen molar-refractivity contribution in [2.24, 2.45) is 0 Å². The van der Waals surface area contributed by atoms with Crippen LogP contribution in [0.2, 0.25) is 0 Å². The van der Waals surface area contributed by atoms with E-state index in [-0.39, 0.29) is 17.7 Å². The molecule has 0 bridgehead atoms. The van der Waals surface area contributed by atoms with Gasteiger partial charge in [0.05, 0.1) is 24.9 Å². The third kappa shape index (κ3) is 4.63. The van der Waals surface area contributed by atoms with Gasteiger partial charge in [0.1, 0.15) is 23.1 Å². The van der Waals surface area contributed by atoms with E-state index in [0.29, 0.717) is 43.4 Å². The van der Waals surface area contributed by atoms with Gasteiger partial charge in [0, 0.05) is 38.0 Å². The van der Waals surface area contributed by atoms with Gasteiger partial charge in [-0.05, 0) is 63.6 Å². The number of nitrogens with one attached hydrogen (secondary N) is 1. The molecule has 2 aromatic heterocycles. The number of nitrogens with zero attached hydrogens (tertiary/aromatic N) is 4. The predicted molar refractivity (Wildman–Crippen MR) is 135 cm³/mol. The first-order chi connectivity index (χ1) is 16.5. The fourth-order valence-electron chi connectivity index (χ4n) is 4.55. The third-order valence-electron chi connectivity index (χ3n) is 6.29. The Morgan fingerprint density at radius 1 is 1.15 bits per heavy atom. The lowest BCUT2D eigenvalue weighted by Gasteiger charge is -2.23. The second-order valence-corrected chi connectivity index (χ2v) is 8.46. The zero-order valence-electron chi connectivity index (χ0n) is 20.5. The molecule has 4 rings (SSSR count). The van der Waals surface area contributed by atoms with Gasteiger partial charge in [-0.2, -0.15) is 0 Å². The number of aromatic nitrogens is 3. The first kappa shape index (κ1) is 23.8. The molecule has 1 aliphatic rings. The van der Waals surface area contributed by atoms with E-state index in [1.54, 1.807) is 17.9 Å². The monoisotopic (exact) mass is 463 g/mol. The Morgan fingerprint density at radius 3 is 2.62 bits per heavy atom. The molecular formula is C26H33N5O3. The number of rotatable bonds is 8. The van der Waals surface area contributed by atoms with E-state index in [0.717, 1.165) is 22.7 Å². The summed E-state index contributed by atoms with van der Waals surface area (Å²) in [5, 5.41) is 3.49. The molecule has 8 nitrogen and oxygen atoms in total. The van der Waals surface area contributed by atoms with Crippen LogP contribution in [0.4, 0.5) is 11.5 Å². The second-order valence-electron chi connectivity index (χ2n) is 8.46. The van der Waals surface area contributed by atoms with Crippen molar-refractivity contribution in [3.63, 3.8) is 0 Å². The van der Waals surface area contributed by atoms with Crippen LogP contribution in [-0.4, -0.2) is 53.5 Å². The van der Waals surface area contributed by atoms with Gasteiger partial charge >= 0.3 is 0 Å². The number of benzene rings is 1. The van der Waals surface area contributed by atoms with Crippen LogP contribution in [0.25, 0.3) is 11.4 Å². The summed E-state index contributed by atoms with van der Waals surface area (Å²) in [5.74, 6) is 2.35. The van der Waals surface area contributed by atoms with Gasteiger partial charge in [-0.25, -0.2) is 9.97 Å². The van der Waals surface area contributed by atoms with Gasteiger partial charge in [-0.15, -0.1) is 0 Å². The molecule has 3 aromatic rings. The number of aryl methyl sites for hydroxylation is 2. The summed E-state index contributed by atoms with van der Waals surface area (Å²) in [7, 11) is 1.65. The zero-order chi connectivity index (χ0) is 24.2. The van der Waals surface area contributed by atoms with E-state index < -0.39 is 0 Å². The van der Waals surface area contributed by atoms with Crippen LogP contribution < -0.4 is 20.5 Å². The van der Waals surface area contributed by atoms with Crippen LogP contribution in [0.1, 0.15) is 25.1 Å². The maximum atomic E-state index is 13.6. The van der Waals surface area contributed by atoms with Crippen molar-refractivity contribution in [2.45, 2.75) is 46.4 Å². The molecule has 1 N–H and O–H groups in total. The summed E-state index contributed by atoms with van der Waals surface area (Å²) < 4.78 is 13.1. The normalized spacial score (nSPS) is 17.7. The Morgan fingerprint density at radius 2 is 1.97 bits per heavy atom. The van der Waals surface area contributed by atoms with E-state index in [4.69, 9.17) is 14.5 Å². The zero-order valence-corrected chi connectivity index (χ0v) is 20.5. The average molecular weight is 464 g/mol. The smallest absolute Gasteiger partial charge is 0.277 e. The van der Waals surface area contributed by atoms with Crippen LogP contribution in [-0.2, 0) is 11.3 Å². The van der Waals surface area contributed by atoms with Crippen molar-refractivity contribution in [3.8, 4) is 17.1 Å². The average Bonchev–Trinajstić information content (AvgIpc) is 3.24. The fourth-order valence-corrected chi connectivity index (χ4v) is 4.55. The van der Waals surface area contributed by atoms with Crippen LogP contribution >= 0.6 is 0 Å². The van der Waals surface area contributed by atoms with Gasteiger partial charge in [0.2, 0.25) is 0 Å². The molecule has 34 heavy (non-hydrogen) atoms. The Hall–Kier alpha value is -3.39. The first-order valence-electron chi connectivity index (χ1n) is 11.8. The van der Waals surface area contributed by atoms with Crippen molar-refractivity contribution >= 4 is 11.5 Å². The second kappa shape index (κ2) is 10.3. The van der Waals surface area contributed by atoms with Crippen LogP contribution in [0, 0.1) is 13.8 Å². The van der Waals surface area contributed by atoms with Crippen LogP contribution in [0.3, 0.4) is 0 Å². The number of methoxy groups -OCH3 is 1. The minimum absolute atomic E-state index is 0.0611. The van der Waals surface area contributed by atoms with Crippen molar-refractivity contribution in [3.05, 3.63) is 64.2 Å². The highest BCUT2D eigenvalue weighted by molar-refractivity contribution is 5.64. The van der Waals surface area contributed by atoms with Crippen molar-refractivity contribution in [2.75, 3.05) is 37.0 Å². The summed E-state index contributed by atoms with van der Waals surface area (Å²) in [4.78, 5) is 25.2. The highest BCUT2D eigenvalue weighted by atomic mass is 16.5. The fraction of sp³-hybridized carbons (Fsp3) is 0.423. The molecule has 3 heterocycles. The minimum atomic E-state index is -0.0771. The Labute approximate surface area is 200 Å². The third-order valence-corrected chi connectivity index (χ3v) is 6.29. The molecule has 0 radical (unpaired) electrons. The lowest BCUT2D eigenvalue weighted by molar-refractivity contribution is 0.0720. The molecule has 1 fully saturated rings. The molecule has 0 saturated carbocycles. The summed E-state index contributed by atoms with van der Waals surface area (Å²) >= 11 is 0. The maximum absolute atomic E-state index is 13.6. The molecule has 2 atom stereocenters. The van der Waals surface area contributed by atoms with Gasteiger partial charge in [0.15, 0.2) is 0 Å². The molecule has 0 aliphatic carbocycles. The van der Waals surface area contributed by atoms with Gasteiger partial charge < -0.3 is 19.7 Å². The number of hydrogen-bond donors (Lipinski definition) is 1. The Kier molecular flexibility index (Phi) is 7.17. The number of anilines is 2. The molecule has 0 amide bonds. The molecule has 180 valence electrons. The van der Waals surface area contributed by atoms with Gasteiger partial charge in [0.25, 0.3) is 5.56 Å². The molecular weight excluding hydrogens is 430 g/mol. The lowest BCUT2D eigenvalue weighted by atomic mass is 10.1. The Balaban J connectivity index is 1.67. The number of pyridine rings is 1. The molecule has 1 saturated heterocycles. The van der Waals surface area contributed by atoms with Crippen LogP contribution in [0.5, 0.6) is 5.75 Å². The van der Waals surface area contributed by atoms with E-state index in [1.165, 1.54) is 0 Å². The predicted octanol–water partition coefficient (Wildman–Crippen LogP) is 3.66. The summed E-state index contributed by atoms with van der Waals surface area (Å²) in [6.07, 6.45) is 1.73. The molecule has 0 spiro atoms. The van der Waals surface area contributed by atoms with Gasteiger partial charge in [-0.1, -0.05) is 6.07 Å². The SMILES string of the molecule is CCO[C@H]1CN(c2ccccn2)CC1Nc1c(C)nc(-c2ccc(OC)cc2C)n(CC)c1=O. The number of ether oxygens (including phenoxy) is 2. The molecule has 8 heteroatoms. The van der Waals surface area contributed by atoms with Crippen molar-refractivity contribution < 1.29 is 9.47 Å². The summed E-state index contributed by atoms with van der Waals surface area (Å²) in [6.45, 7) is 10.4. The van der Waals surface area contributed by atoms with Crippen LogP contribution in [0.15, 0.2) is 47.4 Å². The topological polar surface area (TPSA) is 81.5 Å². The maximum Gasteiger partial charge on any atom is 0.277 e. The molecule has 1 unspecified atom stereocenters.